The third kappa shape index (κ3) is 3.16. The third-order valence-corrected chi connectivity index (χ3v) is 7.73. The van der Waals surface area contributed by atoms with Crippen molar-refractivity contribution in [1.82, 2.24) is 9.47 Å². The number of amides is 1. The molecule has 1 saturated carbocycles. The molecule has 0 radical (unpaired) electrons. The number of methoxy groups -OCH3 is 1. The average Bonchev–Trinajstić information content (AvgIpc) is 3.35. The fraction of sp³-hybridized carbons (Fsp3) is 0.300. The van der Waals surface area contributed by atoms with Crippen molar-refractivity contribution in [1.29, 1.82) is 0 Å². The number of nitrogens with zero attached hydrogens (tertiary/aromatic N) is 2. The summed E-state index contributed by atoms with van der Waals surface area (Å²) in [6.45, 7) is 0. The van der Waals surface area contributed by atoms with Gasteiger partial charge in [-0.2, -0.15) is 0 Å². The maximum Gasteiger partial charge on any atom is 0.255 e. The Morgan fingerprint density at radius 1 is 0.882 bits per heavy atom. The van der Waals surface area contributed by atoms with E-state index in [9.17, 15) is 4.79 Å². The standard InChI is InChI=1S/C30H30N2O2/c1-31-26-18-9-8-17-25(26)27(28(31)20-11-10-14-22(19-20)34-2)29-23-15-6-7-16-24(23)30(33)32(29)21-12-4-3-5-13-21/h6-11,14-19,21,29H,3-5,12-13H2,1-2H3/t29-/m1/s1. The van der Waals surface area contributed by atoms with Gasteiger partial charge < -0.3 is 14.2 Å². The van der Waals surface area contributed by atoms with Gasteiger partial charge in [0, 0.05) is 40.7 Å². The van der Waals surface area contributed by atoms with Crippen molar-refractivity contribution in [2.75, 3.05) is 7.11 Å². The van der Waals surface area contributed by atoms with Crippen LogP contribution in [0.25, 0.3) is 22.2 Å². The van der Waals surface area contributed by atoms with Crippen LogP contribution in [0, 0.1) is 0 Å². The highest BCUT2D eigenvalue weighted by Gasteiger charge is 2.43. The summed E-state index contributed by atoms with van der Waals surface area (Å²) >= 11 is 0. The molecule has 2 heterocycles. The Bertz CT molecular complexity index is 1380. The van der Waals surface area contributed by atoms with Gasteiger partial charge in [0.1, 0.15) is 5.75 Å². The van der Waals surface area contributed by atoms with Gasteiger partial charge in [0.05, 0.1) is 18.8 Å². The zero-order chi connectivity index (χ0) is 23.2. The van der Waals surface area contributed by atoms with Crippen molar-refractivity contribution in [2.45, 2.75) is 44.2 Å². The van der Waals surface area contributed by atoms with E-state index in [1.807, 2.05) is 24.3 Å². The van der Waals surface area contributed by atoms with Gasteiger partial charge in [-0.15, -0.1) is 0 Å². The number of para-hydroxylation sites is 1. The molecule has 6 rings (SSSR count). The SMILES string of the molecule is COc1cccc(-c2c([C@H]3c4ccccc4C(=O)N3C3CCCCC3)c3ccccc3n2C)c1. The van der Waals surface area contributed by atoms with Crippen molar-refractivity contribution >= 4 is 16.8 Å². The molecule has 0 saturated heterocycles. The molecule has 3 aromatic carbocycles. The first-order valence-corrected chi connectivity index (χ1v) is 12.3. The number of aryl methyl sites for hydroxylation is 1. The predicted octanol–water partition coefficient (Wildman–Crippen LogP) is 6.73. The van der Waals surface area contributed by atoms with E-state index in [0.29, 0.717) is 0 Å². The normalized spacial score (nSPS) is 18.5. The van der Waals surface area contributed by atoms with Crippen LogP contribution < -0.4 is 4.74 Å². The number of benzene rings is 3. The number of ether oxygens (including phenoxy) is 1. The first-order chi connectivity index (χ1) is 16.7. The van der Waals surface area contributed by atoms with Gasteiger partial charge in [-0.25, -0.2) is 0 Å². The first-order valence-electron chi connectivity index (χ1n) is 12.3. The number of aromatic nitrogens is 1. The fourth-order valence-electron chi connectivity index (χ4n) is 6.19. The van der Waals surface area contributed by atoms with Crippen LogP contribution in [0.15, 0.2) is 72.8 Å². The molecule has 0 bridgehead atoms. The summed E-state index contributed by atoms with van der Waals surface area (Å²) in [5, 5.41) is 1.21. The predicted molar refractivity (Wildman–Crippen MR) is 136 cm³/mol. The van der Waals surface area contributed by atoms with Gasteiger partial charge >= 0.3 is 0 Å². The van der Waals surface area contributed by atoms with Crippen LogP contribution in [0.4, 0.5) is 0 Å². The quantitative estimate of drug-likeness (QED) is 0.345. The van der Waals surface area contributed by atoms with E-state index in [1.54, 1.807) is 7.11 Å². The number of fused-ring (bicyclic) bond motifs is 2. The molecule has 1 fully saturated rings. The van der Waals surface area contributed by atoms with Gasteiger partial charge in [0.25, 0.3) is 5.91 Å². The Kier molecular flexibility index (Phi) is 5.17. The number of rotatable bonds is 4. The van der Waals surface area contributed by atoms with Crippen molar-refractivity contribution in [3.05, 3.63) is 89.5 Å². The van der Waals surface area contributed by atoms with E-state index in [-0.39, 0.29) is 18.0 Å². The minimum absolute atomic E-state index is 0.0981. The van der Waals surface area contributed by atoms with Gasteiger partial charge in [0.15, 0.2) is 0 Å². The largest absolute Gasteiger partial charge is 0.497 e. The van der Waals surface area contributed by atoms with Crippen LogP contribution in [0.5, 0.6) is 5.75 Å². The molecule has 4 aromatic rings. The highest BCUT2D eigenvalue weighted by Crippen LogP contribution is 2.48. The van der Waals surface area contributed by atoms with Crippen LogP contribution >= 0.6 is 0 Å². The molecule has 1 atom stereocenters. The molecule has 4 heteroatoms. The molecule has 1 aliphatic carbocycles. The topological polar surface area (TPSA) is 34.5 Å². The highest BCUT2D eigenvalue weighted by atomic mass is 16.5. The zero-order valence-electron chi connectivity index (χ0n) is 19.8. The Hall–Kier alpha value is -3.53. The Balaban J connectivity index is 1.65. The molecular weight excluding hydrogens is 420 g/mol. The van der Waals surface area contributed by atoms with Crippen LogP contribution in [-0.4, -0.2) is 28.5 Å². The summed E-state index contributed by atoms with van der Waals surface area (Å²) < 4.78 is 7.85. The third-order valence-electron chi connectivity index (χ3n) is 7.73. The lowest BCUT2D eigenvalue weighted by Gasteiger charge is -2.36. The fourth-order valence-corrected chi connectivity index (χ4v) is 6.19. The van der Waals surface area contributed by atoms with E-state index in [1.165, 1.54) is 35.7 Å². The number of carbonyl (C=O) groups is 1. The second kappa shape index (κ2) is 8.35. The molecule has 4 nitrogen and oxygen atoms in total. The first kappa shape index (κ1) is 21.0. The number of hydrogen-bond donors (Lipinski definition) is 0. The summed E-state index contributed by atoms with van der Waals surface area (Å²) in [5.41, 5.74) is 6.62. The lowest BCUT2D eigenvalue weighted by atomic mass is 9.89. The van der Waals surface area contributed by atoms with E-state index in [4.69, 9.17) is 4.74 Å². The highest BCUT2D eigenvalue weighted by molar-refractivity contribution is 6.02. The van der Waals surface area contributed by atoms with Gasteiger partial charge in [0.2, 0.25) is 0 Å². The van der Waals surface area contributed by atoms with Crippen LogP contribution in [0.2, 0.25) is 0 Å². The van der Waals surface area contributed by atoms with E-state index >= 15 is 0 Å². The summed E-state index contributed by atoms with van der Waals surface area (Å²) in [4.78, 5) is 16.1. The second-order valence-corrected chi connectivity index (χ2v) is 9.56. The minimum atomic E-state index is -0.0981. The maximum atomic E-state index is 13.9. The molecule has 1 aliphatic heterocycles. The molecule has 0 spiro atoms. The molecule has 0 N–H and O–H groups in total. The van der Waals surface area contributed by atoms with E-state index in [2.05, 4.69) is 65.0 Å². The van der Waals surface area contributed by atoms with Crippen LogP contribution in [0.1, 0.15) is 59.6 Å². The molecule has 34 heavy (non-hydrogen) atoms. The molecule has 2 aliphatic rings. The number of carbonyl (C=O) groups excluding carboxylic acids is 1. The summed E-state index contributed by atoms with van der Waals surface area (Å²) in [6, 6.07) is 25.2. The van der Waals surface area contributed by atoms with Crippen molar-refractivity contribution < 1.29 is 9.53 Å². The number of hydrogen-bond acceptors (Lipinski definition) is 2. The molecule has 172 valence electrons. The molecule has 1 amide bonds. The average molecular weight is 451 g/mol. The van der Waals surface area contributed by atoms with Crippen molar-refractivity contribution in [3.8, 4) is 17.0 Å². The molecule has 1 aromatic heterocycles. The monoisotopic (exact) mass is 450 g/mol. The Morgan fingerprint density at radius 2 is 1.65 bits per heavy atom. The van der Waals surface area contributed by atoms with E-state index < -0.39 is 0 Å². The lowest BCUT2D eigenvalue weighted by Crippen LogP contribution is -2.40. The van der Waals surface area contributed by atoms with Crippen molar-refractivity contribution in [2.24, 2.45) is 7.05 Å². The summed E-state index contributed by atoms with van der Waals surface area (Å²) in [7, 11) is 3.84. The van der Waals surface area contributed by atoms with Gasteiger partial charge in [-0.05, 0) is 42.7 Å². The smallest absolute Gasteiger partial charge is 0.255 e. The Morgan fingerprint density at radius 3 is 2.47 bits per heavy atom. The lowest BCUT2D eigenvalue weighted by molar-refractivity contribution is 0.0613. The van der Waals surface area contributed by atoms with Crippen LogP contribution in [-0.2, 0) is 7.05 Å². The van der Waals surface area contributed by atoms with Crippen LogP contribution in [0.3, 0.4) is 0 Å². The second-order valence-electron chi connectivity index (χ2n) is 9.56. The molecule has 0 unspecified atom stereocenters. The minimum Gasteiger partial charge on any atom is -0.497 e. The maximum absolute atomic E-state index is 13.9. The Labute approximate surface area is 200 Å². The van der Waals surface area contributed by atoms with Crippen molar-refractivity contribution in [3.63, 3.8) is 0 Å². The zero-order valence-corrected chi connectivity index (χ0v) is 19.8. The van der Waals surface area contributed by atoms with Gasteiger partial charge in [-0.3, -0.25) is 4.79 Å². The summed E-state index contributed by atoms with van der Waals surface area (Å²) in [5.74, 6) is 1.01. The summed E-state index contributed by atoms with van der Waals surface area (Å²) in [6.07, 6.45) is 5.80. The van der Waals surface area contributed by atoms with Gasteiger partial charge in [-0.1, -0.05) is 67.8 Å². The van der Waals surface area contributed by atoms with E-state index in [0.717, 1.165) is 41.0 Å². The molecular formula is C30H30N2O2.